The normalized spacial score (nSPS) is 11.6. The maximum absolute atomic E-state index is 8.58. The van der Waals surface area contributed by atoms with Crippen LogP contribution in [-0.2, 0) is 0 Å². The van der Waals surface area contributed by atoms with Crippen LogP contribution in [0.25, 0.3) is 5.82 Å². The molecule has 0 aliphatic carbocycles. The van der Waals surface area contributed by atoms with E-state index in [4.69, 9.17) is 10.9 Å². The summed E-state index contributed by atoms with van der Waals surface area (Å²) in [7, 11) is 0. The molecule has 0 amide bonds. The van der Waals surface area contributed by atoms with Crippen molar-refractivity contribution in [1.82, 2.24) is 19.7 Å². The molecule has 0 saturated carbocycles. The average molecular weight is 204 g/mol. The molecule has 0 aliphatic heterocycles. The first-order chi connectivity index (χ1) is 7.33. The van der Waals surface area contributed by atoms with Gasteiger partial charge >= 0.3 is 0 Å². The van der Waals surface area contributed by atoms with Gasteiger partial charge in [-0.1, -0.05) is 5.16 Å². The van der Waals surface area contributed by atoms with Crippen LogP contribution in [0.4, 0.5) is 0 Å². The lowest BCUT2D eigenvalue weighted by molar-refractivity contribution is 0.318. The van der Waals surface area contributed by atoms with Gasteiger partial charge in [-0.05, 0) is 6.07 Å². The second-order valence-corrected chi connectivity index (χ2v) is 2.66. The Morgan fingerprint density at radius 3 is 2.80 bits per heavy atom. The maximum atomic E-state index is 8.58. The lowest BCUT2D eigenvalue weighted by Gasteiger charge is -2.04. The van der Waals surface area contributed by atoms with Gasteiger partial charge in [0.1, 0.15) is 0 Å². The fourth-order valence-electron chi connectivity index (χ4n) is 1.12. The van der Waals surface area contributed by atoms with Crippen LogP contribution in [0.15, 0.2) is 36.0 Å². The summed E-state index contributed by atoms with van der Waals surface area (Å²) < 4.78 is 1.49. The molecule has 0 radical (unpaired) electrons. The van der Waals surface area contributed by atoms with Crippen LogP contribution in [-0.4, -0.2) is 30.8 Å². The molecule has 7 heteroatoms. The van der Waals surface area contributed by atoms with E-state index in [2.05, 4.69) is 20.2 Å². The predicted molar refractivity (Wildman–Crippen MR) is 51.7 cm³/mol. The van der Waals surface area contributed by atoms with Gasteiger partial charge in [0.25, 0.3) is 0 Å². The van der Waals surface area contributed by atoms with Crippen LogP contribution in [0, 0.1) is 0 Å². The third-order valence-corrected chi connectivity index (χ3v) is 1.75. The fraction of sp³-hybridized carbons (Fsp3) is 0. The van der Waals surface area contributed by atoms with E-state index in [-0.39, 0.29) is 11.5 Å². The van der Waals surface area contributed by atoms with Gasteiger partial charge in [-0.25, -0.2) is 14.6 Å². The van der Waals surface area contributed by atoms with Gasteiger partial charge in [0.15, 0.2) is 17.3 Å². The second kappa shape index (κ2) is 3.74. The Morgan fingerprint density at radius 2 is 2.13 bits per heavy atom. The van der Waals surface area contributed by atoms with Crippen molar-refractivity contribution in [3.8, 4) is 5.82 Å². The monoisotopic (exact) mass is 204 g/mol. The molecule has 0 aliphatic rings. The fourth-order valence-corrected chi connectivity index (χ4v) is 1.12. The topological polar surface area (TPSA) is 102 Å². The molecule has 0 fully saturated rings. The number of rotatable bonds is 2. The summed E-state index contributed by atoms with van der Waals surface area (Å²) in [4.78, 5) is 8.02. The first-order valence-electron chi connectivity index (χ1n) is 4.12. The van der Waals surface area contributed by atoms with Crippen LogP contribution in [0.3, 0.4) is 0 Å². The summed E-state index contributed by atoms with van der Waals surface area (Å²) >= 11 is 0. The van der Waals surface area contributed by atoms with Crippen molar-refractivity contribution in [2.45, 2.75) is 0 Å². The quantitative estimate of drug-likeness (QED) is 0.304. The Kier molecular flexibility index (Phi) is 2.28. The molecule has 0 spiro atoms. The summed E-state index contributed by atoms with van der Waals surface area (Å²) in [5.74, 6) is 0.311. The molecule has 0 unspecified atom stereocenters. The average Bonchev–Trinajstić information content (AvgIpc) is 2.81. The molecular weight excluding hydrogens is 196 g/mol. The highest BCUT2D eigenvalue weighted by Gasteiger charge is 2.11. The van der Waals surface area contributed by atoms with Gasteiger partial charge in [-0.15, -0.1) is 0 Å². The first kappa shape index (κ1) is 9.13. The van der Waals surface area contributed by atoms with E-state index >= 15 is 0 Å². The highest BCUT2D eigenvalue weighted by molar-refractivity contribution is 5.97. The van der Waals surface area contributed by atoms with Crippen molar-refractivity contribution >= 4 is 5.84 Å². The number of nitrogens with zero attached hydrogens (tertiary/aromatic N) is 5. The molecule has 2 aromatic rings. The minimum atomic E-state index is -0.103. The first-order valence-corrected chi connectivity index (χ1v) is 4.12. The Bertz CT molecular complexity index is 478. The van der Waals surface area contributed by atoms with Gasteiger partial charge in [0, 0.05) is 24.8 Å². The van der Waals surface area contributed by atoms with E-state index in [1.54, 1.807) is 18.5 Å². The van der Waals surface area contributed by atoms with E-state index in [0.29, 0.717) is 5.82 Å². The minimum absolute atomic E-state index is 0.103. The number of amidine groups is 1. The Balaban J connectivity index is 2.57. The molecule has 76 valence electrons. The smallest absolute Gasteiger partial charge is 0.192 e. The van der Waals surface area contributed by atoms with E-state index in [9.17, 15) is 0 Å². The summed E-state index contributed by atoms with van der Waals surface area (Å²) in [6.45, 7) is 0. The lowest BCUT2D eigenvalue weighted by Crippen LogP contribution is -2.19. The van der Waals surface area contributed by atoms with Crippen molar-refractivity contribution in [3.05, 3.63) is 36.5 Å². The summed E-state index contributed by atoms with van der Waals surface area (Å²) in [6.07, 6.45) is 6.26. The van der Waals surface area contributed by atoms with Crippen LogP contribution in [0.5, 0.6) is 0 Å². The Morgan fingerprint density at radius 1 is 1.33 bits per heavy atom. The lowest BCUT2D eigenvalue weighted by atomic mass is 10.4. The third-order valence-electron chi connectivity index (χ3n) is 1.75. The van der Waals surface area contributed by atoms with E-state index in [0.717, 1.165) is 0 Å². The van der Waals surface area contributed by atoms with Crippen LogP contribution in [0.1, 0.15) is 5.69 Å². The molecule has 7 nitrogen and oxygen atoms in total. The van der Waals surface area contributed by atoms with E-state index in [1.807, 2.05) is 0 Å². The zero-order chi connectivity index (χ0) is 10.7. The largest absolute Gasteiger partial charge is 0.409 e. The zero-order valence-corrected chi connectivity index (χ0v) is 7.65. The van der Waals surface area contributed by atoms with Crippen molar-refractivity contribution in [2.75, 3.05) is 0 Å². The van der Waals surface area contributed by atoms with Crippen LogP contribution in [0.2, 0.25) is 0 Å². The molecule has 3 N–H and O–H groups in total. The number of oxime groups is 1. The van der Waals surface area contributed by atoms with E-state index in [1.165, 1.54) is 17.1 Å². The van der Waals surface area contributed by atoms with Gasteiger partial charge < -0.3 is 10.9 Å². The van der Waals surface area contributed by atoms with Crippen molar-refractivity contribution in [1.29, 1.82) is 0 Å². The molecule has 0 aromatic carbocycles. The van der Waals surface area contributed by atoms with Crippen LogP contribution < -0.4 is 5.73 Å². The molecule has 2 heterocycles. The van der Waals surface area contributed by atoms with Crippen molar-refractivity contribution in [3.63, 3.8) is 0 Å². The third kappa shape index (κ3) is 1.62. The molecule has 0 bridgehead atoms. The zero-order valence-electron chi connectivity index (χ0n) is 7.65. The Hall–Kier alpha value is -2.44. The molecule has 15 heavy (non-hydrogen) atoms. The SMILES string of the molecule is NC(=NO)c1nccnc1-n1cccn1. The van der Waals surface area contributed by atoms with E-state index < -0.39 is 0 Å². The van der Waals surface area contributed by atoms with Gasteiger partial charge in [0.05, 0.1) is 0 Å². The van der Waals surface area contributed by atoms with Crippen LogP contribution >= 0.6 is 0 Å². The molecular formula is C8H8N6O. The number of hydrogen-bond acceptors (Lipinski definition) is 5. The minimum Gasteiger partial charge on any atom is -0.409 e. The molecule has 0 atom stereocenters. The molecule has 2 aromatic heterocycles. The summed E-state index contributed by atoms with van der Waals surface area (Å²) in [6, 6.07) is 1.74. The molecule has 0 saturated heterocycles. The predicted octanol–water partition coefficient (Wildman–Crippen LogP) is -0.243. The standard InChI is InChI=1S/C8H8N6O/c9-7(13-15)6-8(11-4-3-10-6)14-5-1-2-12-14/h1-5,15H,(H2,9,13). The summed E-state index contributed by atoms with van der Waals surface area (Å²) in [5.41, 5.74) is 5.74. The number of hydrogen-bond donors (Lipinski definition) is 2. The molecule has 2 rings (SSSR count). The number of nitrogens with two attached hydrogens (primary N) is 1. The van der Waals surface area contributed by atoms with Crippen molar-refractivity contribution in [2.24, 2.45) is 10.9 Å². The van der Waals surface area contributed by atoms with Gasteiger partial charge in [0.2, 0.25) is 0 Å². The number of aromatic nitrogens is 4. The summed E-state index contributed by atoms with van der Waals surface area (Å²) in [5, 5.41) is 15.4. The highest BCUT2D eigenvalue weighted by Crippen LogP contribution is 2.06. The maximum Gasteiger partial charge on any atom is 0.192 e. The van der Waals surface area contributed by atoms with Gasteiger partial charge in [-0.2, -0.15) is 5.10 Å². The van der Waals surface area contributed by atoms with Gasteiger partial charge in [-0.3, -0.25) is 0 Å². The second-order valence-electron chi connectivity index (χ2n) is 2.66. The highest BCUT2D eigenvalue weighted by atomic mass is 16.4. The van der Waals surface area contributed by atoms with Crippen molar-refractivity contribution < 1.29 is 5.21 Å². The Labute approximate surface area is 84.9 Å².